The minimum atomic E-state index is -0.629. The average molecular weight is 365 g/mol. The summed E-state index contributed by atoms with van der Waals surface area (Å²) in [7, 11) is 0. The van der Waals surface area contributed by atoms with Crippen LogP contribution in [0.3, 0.4) is 0 Å². The van der Waals surface area contributed by atoms with Crippen LogP contribution in [0, 0.1) is 0 Å². The maximum atomic E-state index is 12.5. The van der Waals surface area contributed by atoms with E-state index in [2.05, 4.69) is 5.32 Å². The zero-order valence-electron chi connectivity index (χ0n) is 12.9. The fourth-order valence-corrected chi connectivity index (χ4v) is 3.44. The maximum Gasteiger partial charge on any atom is 0.249 e. The molecule has 1 aliphatic rings. The van der Waals surface area contributed by atoms with Gasteiger partial charge in [-0.3, -0.25) is 9.59 Å². The second-order valence-corrected chi connectivity index (χ2v) is 6.88. The second kappa shape index (κ2) is 7.79. The van der Waals surface area contributed by atoms with E-state index in [0.717, 1.165) is 10.4 Å². The van der Waals surface area contributed by atoms with Gasteiger partial charge in [-0.15, -0.1) is 11.3 Å². The van der Waals surface area contributed by atoms with Crippen LogP contribution in [-0.4, -0.2) is 36.0 Å². The zero-order valence-corrected chi connectivity index (χ0v) is 14.5. The number of nitrogens with zero attached hydrogens (tertiary/aromatic N) is 1. The number of hydrogen-bond acceptors (Lipinski definition) is 4. The number of rotatable bonds is 5. The number of morpholine rings is 1. The number of thiophene rings is 1. The van der Waals surface area contributed by atoms with Crippen LogP contribution in [0.1, 0.15) is 10.4 Å². The summed E-state index contributed by atoms with van der Waals surface area (Å²) >= 11 is 7.66. The molecule has 3 rings (SSSR count). The number of hydrogen-bond donors (Lipinski definition) is 1. The quantitative estimate of drug-likeness (QED) is 0.886. The summed E-state index contributed by atoms with van der Waals surface area (Å²) in [6.07, 6.45) is 0. The molecule has 1 fully saturated rings. The number of benzene rings is 1. The lowest BCUT2D eigenvalue weighted by atomic mass is 10.1. The van der Waals surface area contributed by atoms with Crippen LogP contribution in [-0.2, 0) is 27.4 Å². The Bertz CT molecular complexity index is 720. The highest BCUT2D eigenvalue weighted by atomic mass is 35.5. The van der Waals surface area contributed by atoms with E-state index in [-0.39, 0.29) is 25.0 Å². The topological polar surface area (TPSA) is 58.6 Å². The summed E-state index contributed by atoms with van der Waals surface area (Å²) in [6.45, 7) is 0.950. The zero-order chi connectivity index (χ0) is 16.9. The SMILES string of the molecule is O=C(NCc1ccccc1Cl)[C@H]1COCC(=O)N1Cc1cccs1. The average Bonchev–Trinajstić information content (AvgIpc) is 3.09. The van der Waals surface area contributed by atoms with Crippen molar-refractivity contribution in [2.75, 3.05) is 13.2 Å². The maximum absolute atomic E-state index is 12.5. The third-order valence-corrected chi connectivity index (χ3v) is 5.05. The highest BCUT2D eigenvalue weighted by Crippen LogP contribution is 2.18. The van der Waals surface area contributed by atoms with Gasteiger partial charge in [0.05, 0.1) is 13.2 Å². The molecule has 1 aromatic heterocycles. The van der Waals surface area contributed by atoms with Gasteiger partial charge in [0.15, 0.2) is 0 Å². The molecule has 0 bridgehead atoms. The van der Waals surface area contributed by atoms with Gasteiger partial charge in [-0.2, -0.15) is 0 Å². The molecule has 2 aromatic rings. The number of ether oxygens (including phenoxy) is 1. The van der Waals surface area contributed by atoms with Crippen molar-refractivity contribution in [1.82, 2.24) is 10.2 Å². The third kappa shape index (κ3) is 3.95. The summed E-state index contributed by atoms with van der Waals surface area (Å²) in [5, 5.41) is 5.40. The normalized spacial score (nSPS) is 17.8. The Morgan fingerprint density at radius 3 is 2.92 bits per heavy atom. The molecule has 2 heterocycles. The lowest BCUT2D eigenvalue weighted by Crippen LogP contribution is -2.55. The summed E-state index contributed by atoms with van der Waals surface area (Å²) in [4.78, 5) is 27.3. The predicted octanol–water partition coefficient (Wildman–Crippen LogP) is 2.45. The Kier molecular flexibility index (Phi) is 5.50. The van der Waals surface area contributed by atoms with Gasteiger partial charge in [-0.25, -0.2) is 0 Å². The lowest BCUT2D eigenvalue weighted by molar-refractivity contribution is -0.155. The molecule has 126 valence electrons. The van der Waals surface area contributed by atoms with Crippen molar-refractivity contribution in [3.8, 4) is 0 Å². The van der Waals surface area contributed by atoms with Crippen molar-refractivity contribution in [2.24, 2.45) is 0 Å². The minimum absolute atomic E-state index is 0.0136. The fourth-order valence-electron chi connectivity index (χ4n) is 2.53. The highest BCUT2D eigenvalue weighted by molar-refractivity contribution is 7.09. The Hall–Kier alpha value is -1.89. The van der Waals surface area contributed by atoms with E-state index >= 15 is 0 Å². The van der Waals surface area contributed by atoms with Gasteiger partial charge in [-0.05, 0) is 23.1 Å². The summed E-state index contributed by atoms with van der Waals surface area (Å²) < 4.78 is 5.27. The summed E-state index contributed by atoms with van der Waals surface area (Å²) in [5.41, 5.74) is 0.834. The van der Waals surface area contributed by atoms with Gasteiger partial charge in [0, 0.05) is 16.4 Å². The van der Waals surface area contributed by atoms with E-state index in [1.807, 2.05) is 35.7 Å². The predicted molar refractivity (Wildman–Crippen MR) is 92.8 cm³/mol. The van der Waals surface area contributed by atoms with Crippen LogP contribution in [0.4, 0.5) is 0 Å². The lowest BCUT2D eigenvalue weighted by Gasteiger charge is -2.34. The molecule has 0 radical (unpaired) electrons. The summed E-state index contributed by atoms with van der Waals surface area (Å²) in [5.74, 6) is -0.410. The Morgan fingerprint density at radius 1 is 1.33 bits per heavy atom. The van der Waals surface area contributed by atoms with Crippen LogP contribution in [0.15, 0.2) is 41.8 Å². The molecule has 1 saturated heterocycles. The molecule has 1 aliphatic heterocycles. The van der Waals surface area contributed by atoms with Crippen molar-refractivity contribution in [3.05, 3.63) is 57.2 Å². The van der Waals surface area contributed by atoms with Crippen LogP contribution < -0.4 is 5.32 Å². The number of carbonyl (C=O) groups excluding carboxylic acids is 2. The third-order valence-electron chi connectivity index (χ3n) is 3.82. The second-order valence-electron chi connectivity index (χ2n) is 5.44. The molecule has 0 aliphatic carbocycles. The molecular weight excluding hydrogens is 348 g/mol. The molecular formula is C17H17ClN2O3S. The molecule has 2 amide bonds. The molecule has 1 atom stereocenters. The van der Waals surface area contributed by atoms with E-state index in [0.29, 0.717) is 18.1 Å². The van der Waals surface area contributed by atoms with Gasteiger partial charge in [0.25, 0.3) is 0 Å². The molecule has 0 unspecified atom stereocenters. The van der Waals surface area contributed by atoms with Gasteiger partial charge >= 0.3 is 0 Å². The molecule has 1 N–H and O–H groups in total. The molecule has 0 spiro atoms. The number of amides is 2. The largest absolute Gasteiger partial charge is 0.369 e. The standard InChI is InChI=1S/C17H17ClN2O3S/c18-14-6-2-1-4-12(14)8-19-17(22)15-10-23-11-16(21)20(15)9-13-5-3-7-24-13/h1-7,15H,8-11H2,(H,19,22)/t15-/m1/s1. The van der Waals surface area contributed by atoms with Crippen LogP contribution in [0.5, 0.6) is 0 Å². The van der Waals surface area contributed by atoms with Crippen LogP contribution in [0.25, 0.3) is 0 Å². The van der Waals surface area contributed by atoms with E-state index in [1.165, 1.54) is 0 Å². The number of halogens is 1. The molecule has 7 heteroatoms. The van der Waals surface area contributed by atoms with Crippen molar-refractivity contribution in [2.45, 2.75) is 19.1 Å². The first-order chi connectivity index (χ1) is 11.6. The molecule has 0 saturated carbocycles. The summed E-state index contributed by atoms with van der Waals surface area (Å²) in [6, 6.07) is 10.6. The van der Waals surface area contributed by atoms with Gasteiger partial charge in [-0.1, -0.05) is 35.9 Å². The monoisotopic (exact) mass is 364 g/mol. The number of carbonyl (C=O) groups is 2. The van der Waals surface area contributed by atoms with Gasteiger partial charge in [0.1, 0.15) is 12.6 Å². The van der Waals surface area contributed by atoms with Gasteiger partial charge in [0.2, 0.25) is 11.8 Å². The Labute approximate surface area is 149 Å². The Balaban J connectivity index is 1.67. The smallest absolute Gasteiger partial charge is 0.249 e. The van der Waals surface area contributed by atoms with Crippen molar-refractivity contribution >= 4 is 34.8 Å². The highest BCUT2D eigenvalue weighted by Gasteiger charge is 2.34. The minimum Gasteiger partial charge on any atom is -0.369 e. The van der Waals surface area contributed by atoms with Crippen LogP contribution in [0.2, 0.25) is 5.02 Å². The van der Waals surface area contributed by atoms with E-state index < -0.39 is 6.04 Å². The van der Waals surface area contributed by atoms with E-state index in [9.17, 15) is 9.59 Å². The molecule has 1 aromatic carbocycles. The van der Waals surface area contributed by atoms with E-state index in [4.69, 9.17) is 16.3 Å². The molecule has 5 nitrogen and oxygen atoms in total. The van der Waals surface area contributed by atoms with Crippen molar-refractivity contribution < 1.29 is 14.3 Å². The Morgan fingerprint density at radius 2 is 2.17 bits per heavy atom. The van der Waals surface area contributed by atoms with Gasteiger partial charge < -0.3 is 15.0 Å². The number of nitrogens with one attached hydrogen (secondary N) is 1. The van der Waals surface area contributed by atoms with Crippen molar-refractivity contribution in [3.63, 3.8) is 0 Å². The van der Waals surface area contributed by atoms with E-state index in [1.54, 1.807) is 22.3 Å². The van der Waals surface area contributed by atoms with Crippen LogP contribution >= 0.6 is 22.9 Å². The van der Waals surface area contributed by atoms with Crippen molar-refractivity contribution in [1.29, 1.82) is 0 Å². The first-order valence-electron chi connectivity index (χ1n) is 7.56. The first kappa shape index (κ1) is 17.0. The fraction of sp³-hybridized carbons (Fsp3) is 0.294. The molecule has 24 heavy (non-hydrogen) atoms. The first-order valence-corrected chi connectivity index (χ1v) is 8.81.